The van der Waals surface area contributed by atoms with Gasteiger partial charge in [0, 0.05) is 23.7 Å². The summed E-state index contributed by atoms with van der Waals surface area (Å²) in [5, 5.41) is 2.18. The third-order valence-corrected chi connectivity index (χ3v) is 4.09. The number of rotatable bonds is 2. The number of furan rings is 1. The van der Waals surface area contributed by atoms with Crippen LogP contribution in [0.1, 0.15) is 23.2 Å². The number of nitrogens with zero attached hydrogens (tertiary/aromatic N) is 2. The van der Waals surface area contributed by atoms with Crippen molar-refractivity contribution in [2.45, 2.75) is 19.6 Å². The maximum atomic E-state index is 6.27. The van der Waals surface area contributed by atoms with E-state index in [0.29, 0.717) is 5.88 Å². The zero-order valence-electron chi connectivity index (χ0n) is 12.7. The van der Waals surface area contributed by atoms with Crippen molar-refractivity contribution in [3.8, 4) is 5.88 Å². The number of pyridine rings is 1. The van der Waals surface area contributed by atoms with Crippen molar-refractivity contribution in [1.29, 1.82) is 0 Å². The van der Waals surface area contributed by atoms with Crippen molar-refractivity contribution in [2.75, 3.05) is 13.6 Å². The van der Waals surface area contributed by atoms with Crippen molar-refractivity contribution in [3.63, 3.8) is 0 Å². The van der Waals surface area contributed by atoms with Crippen molar-refractivity contribution >= 4 is 10.8 Å². The van der Waals surface area contributed by atoms with Crippen LogP contribution in [-0.4, -0.2) is 23.5 Å². The molecule has 4 rings (SSSR count). The van der Waals surface area contributed by atoms with E-state index in [1.54, 1.807) is 6.20 Å². The van der Waals surface area contributed by atoms with Gasteiger partial charge < -0.3 is 9.15 Å². The molecule has 0 fully saturated rings. The molecule has 22 heavy (non-hydrogen) atoms. The lowest BCUT2D eigenvalue weighted by atomic mass is 10.1. The zero-order valence-corrected chi connectivity index (χ0v) is 12.7. The summed E-state index contributed by atoms with van der Waals surface area (Å²) in [5.74, 6) is 2.61. The average Bonchev–Trinajstić information content (AvgIpc) is 2.88. The molecule has 0 amide bonds. The molecule has 1 atom stereocenters. The first-order chi connectivity index (χ1) is 10.7. The average molecular weight is 294 g/mol. The molecule has 0 bridgehead atoms. The lowest BCUT2D eigenvalue weighted by molar-refractivity contribution is 0.117. The zero-order chi connectivity index (χ0) is 15.1. The predicted molar refractivity (Wildman–Crippen MR) is 84.9 cm³/mol. The quantitative estimate of drug-likeness (QED) is 0.722. The lowest BCUT2D eigenvalue weighted by Crippen LogP contribution is -2.32. The molecule has 0 N–H and O–H groups in total. The van der Waals surface area contributed by atoms with Crippen LogP contribution in [0.4, 0.5) is 0 Å². The van der Waals surface area contributed by atoms with Crippen molar-refractivity contribution in [3.05, 3.63) is 59.7 Å². The van der Waals surface area contributed by atoms with Crippen LogP contribution in [0.15, 0.2) is 47.0 Å². The van der Waals surface area contributed by atoms with E-state index in [2.05, 4.69) is 29.1 Å². The second-order valence-electron chi connectivity index (χ2n) is 5.88. The lowest BCUT2D eigenvalue weighted by Gasteiger charge is -2.29. The normalized spacial score (nSPS) is 18.4. The minimum Gasteiger partial charge on any atom is -0.468 e. The van der Waals surface area contributed by atoms with Crippen LogP contribution in [0.25, 0.3) is 10.8 Å². The van der Waals surface area contributed by atoms with E-state index in [-0.39, 0.29) is 6.10 Å². The molecular weight excluding hydrogens is 276 g/mol. The van der Waals surface area contributed by atoms with Crippen LogP contribution >= 0.6 is 0 Å². The minimum absolute atomic E-state index is 0.0514. The topological polar surface area (TPSA) is 38.5 Å². The number of benzene rings is 1. The van der Waals surface area contributed by atoms with Crippen LogP contribution < -0.4 is 4.74 Å². The number of fused-ring (bicyclic) bond motifs is 2. The Balaban J connectivity index is 1.73. The highest BCUT2D eigenvalue weighted by Gasteiger charge is 2.29. The molecule has 0 aliphatic carbocycles. The highest BCUT2D eigenvalue weighted by Crippen LogP contribution is 2.33. The molecule has 112 valence electrons. The molecule has 1 aliphatic heterocycles. The Morgan fingerprint density at radius 1 is 1.27 bits per heavy atom. The van der Waals surface area contributed by atoms with Gasteiger partial charge in [-0.15, -0.1) is 0 Å². The molecule has 1 unspecified atom stereocenters. The smallest absolute Gasteiger partial charge is 0.221 e. The van der Waals surface area contributed by atoms with Gasteiger partial charge in [-0.1, -0.05) is 18.2 Å². The molecule has 0 spiro atoms. The Bertz CT molecular complexity index is 820. The summed E-state index contributed by atoms with van der Waals surface area (Å²) in [6.07, 6.45) is 1.75. The highest BCUT2D eigenvalue weighted by atomic mass is 16.5. The molecular formula is C18H18N2O2. The van der Waals surface area contributed by atoms with E-state index in [1.807, 2.05) is 31.2 Å². The standard InChI is InChI=1S/C18H18N2O2/c1-12-9-15-16(21-12)10-20(2)11-17(15)22-18-14-6-4-3-5-13(14)7-8-19-18/h3-9,17H,10-11H2,1-2H3. The Kier molecular flexibility index (Phi) is 3.12. The first kappa shape index (κ1) is 13.3. The molecule has 3 heterocycles. The van der Waals surface area contributed by atoms with Gasteiger partial charge in [0.15, 0.2) is 0 Å². The summed E-state index contributed by atoms with van der Waals surface area (Å²) in [6.45, 7) is 3.63. The van der Waals surface area contributed by atoms with Crippen LogP contribution in [0.3, 0.4) is 0 Å². The van der Waals surface area contributed by atoms with E-state index in [4.69, 9.17) is 9.15 Å². The largest absolute Gasteiger partial charge is 0.468 e. The Morgan fingerprint density at radius 3 is 3.05 bits per heavy atom. The molecule has 4 heteroatoms. The third kappa shape index (κ3) is 2.25. The molecule has 0 radical (unpaired) electrons. The second kappa shape index (κ2) is 5.14. The van der Waals surface area contributed by atoms with Crippen LogP contribution in [-0.2, 0) is 6.54 Å². The summed E-state index contributed by atoms with van der Waals surface area (Å²) >= 11 is 0. The van der Waals surface area contributed by atoms with Gasteiger partial charge in [0.25, 0.3) is 0 Å². The summed E-state index contributed by atoms with van der Waals surface area (Å²) in [7, 11) is 2.08. The number of ether oxygens (including phenoxy) is 1. The van der Waals surface area contributed by atoms with Crippen molar-refractivity contribution in [1.82, 2.24) is 9.88 Å². The van der Waals surface area contributed by atoms with Gasteiger partial charge in [0.05, 0.1) is 6.54 Å². The van der Waals surface area contributed by atoms with Crippen LogP contribution in [0.2, 0.25) is 0 Å². The summed E-state index contributed by atoms with van der Waals surface area (Å²) in [5.41, 5.74) is 1.14. The second-order valence-corrected chi connectivity index (χ2v) is 5.88. The van der Waals surface area contributed by atoms with Gasteiger partial charge in [-0.2, -0.15) is 0 Å². The van der Waals surface area contributed by atoms with Gasteiger partial charge in [-0.05, 0) is 37.6 Å². The third-order valence-electron chi connectivity index (χ3n) is 4.09. The van der Waals surface area contributed by atoms with E-state index in [1.165, 1.54) is 0 Å². The van der Waals surface area contributed by atoms with E-state index >= 15 is 0 Å². The number of aromatic nitrogens is 1. The molecule has 2 aromatic heterocycles. The molecule has 0 saturated heterocycles. The van der Waals surface area contributed by atoms with Gasteiger partial charge in [-0.25, -0.2) is 4.98 Å². The Labute approximate surface area is 129 Å². The minimum atomic E-state index is -0.0514. The van der Waals surface area contributed by atoms with Crippen molar-refractivity contribution in [2.24, 2.45) is 0 Å². The van der Waals surface area contributed by atoms with E-state index in [9.17, 15) is 0 Å². The monoisotopic (exact) mass is 294 g/mol. The van der Waals surface area contributed by atoms with E-state index < -0.39 is 0 Å². The molecule has 1 aromatic carbocycles. The summed E-state index contributed by atoms with van der Waals surface area (Å²) in [4.78, 5) is 6.64. The predicted octanol–water partition coefficient (Wildman–Crippen LogP) is 3.70. The van der Waals surface area contributed by atoms with Crippen LogP contribution in [0, 0.1) is 6.92 Å². The summed E-state index contributed by atoms with van der Waals surface area (Å²) < 4.78 is 12.1. The van der Waals surface area contributed by atoms with Crippen LogP contribution in [0.5, 0.6) is 5.88 Å². The molecule has 4 nitrogen and oxygen atoms in total. The first-order valence-corrected chi connectivity index (χ1v) is 7.49. The highest BCUT2D eigenvalue weighted by molar-refractivity contribution is 5.86. The SMILES string of the molecule is Cc1cc2c(o1)CN(C)CC2Oc1nccc2ccccc12. The molecule has 1 aliphatic rings. The van der Waals surface area contributed by atoms with E-state index in [0.717, 1.165) is 40.9 Å². The number of likely N-dealkylation sites (N-methyl/N-ethyl adjacent to an activating group) is 1. The fraction of sp³-hybridized carbons (Fsp3) is 0.278. The summed E-state index contributed by atoms with van der Waals surface area (Å²) in [6, 6.07) is 12.2. The number of hydrogen-bond donors (Lipinski definition) is 0. The maximum Gasteiger partial charge on any atom is 0.221 e. The van der Waals surface area contributed by atoms with Crippen molar-refractivity contribution < 1.29 is 9.15 Å². The Morgan fingerprint density at radius 2 is 2.14 bits per heavy atom. The number of hydrogen-bond acceptors (Lipinski definition) is 4. The fourth-order valence-electron chi connectivity index (χ4n) is 3.09. The Hall–Kier alpha value is -2.33. The van der Waals surface area contributed by atoms with Gasteiger partial charge >= 0.3 is 0 Å². The molecule has 0 saturated carbocycles. The number of aryl methyl sites for hydroxylation is 1. The molecule has 3 aromatic rings. The fourth-order valence-corrected chi connectivity index (χ4v) is 3.09. The first-order valence-electron chi connectivity index (χ1n) is 7.49. The maximum absolute atomic E-state index is 6.27. The van der Waals surface area contributed by atoms with Gasteiger partial charge in [-0.3, -0.25) is 4.90 Å². The van der Waals surface area contributed by atoms with Gasteiger partial charge in [0.2, 0.25) is 5.88 Å². The van der Waals surface area contributed by atoms with Gasteiger partial charge in [0.1, 0.15) is 17.6 Å².